The Hall–Kier alpha value is -0.630. The second kappa shape index (κ2) is 5.40. The molecule has 6 nitrogen and oxygen atoms in total. The van der Waals surface area contributed by atoms with Crippen molar-refractivity contribution in [3.8, 4) is 0 Å². The molecule has 0 bridgehead atoms. The van der Waals surface area contributed by atoms with Gasteiger partial charge in [-0.2, -0.15) is 9.40 Å². The highest BCUT2D eigenvalue weighted by Crippen LogP contribution is 2.25. The van der Waals surface area contributed by atoms with Gasteiger partial charge in [0.25, 0.3) is 10.0 Å². The van der Waals surface area contributed by atoms with Gasteiger partial charge < -0.3 is 4.90 Å². The summed E-state index contributed by atoms with van der Waals surface area (Å²) in [6.45, 7) is 2.80. The molecule has 0 saturated carbocycles. The molecular formula is C11H19ClN4O2S. The highest BCUT2D eigenvalue weighted by Gasteiger charge is 2.36. The quantitative estimate of drug-likeness (QED) is 0.835. The molecule has 0 radical (unpaired) electrons. The van der Waals surface area contributed by atoms with E-state index in [-0.39, 0.29) is 16.9 Å². The minimum absolute atomic E-state index is 0.0689. The lowest BCUT2D eigenvalue weighted by molar-refractivity contribution is 0.302. The number of H-pyrrole nitrogens is 1. The summed E-state index contributed by atoms with van der Waals surface area (Å²) < 4.78 is 26.6. The molecule has 1 fully saturated rings. The van der Waals surface area contributed by atoms with Crippen molar-refractivity contribution >= 4 is 21.6 Å². The molecule has 0 spiro atoms. The van der Waals surface area contributed by atoms with Gasteiger partial charge >= 0.3 is 0 Å². The first-order chi connectivity index (χ1) is 8.87. The summed E-state index contributed by atoms with van der Waals surface area (Å²) in [4.78, 5) is 2.05. The third-order valence-electron chi connectivity index (χ3n) is 3.61. The van der Waals surface area contributed by atoms with Gasteiger partial charge in [-0.25, -0.2) is 8.42 Å². The van der Waals surface area contributed by atoms with Gasteiger partial charge in [-0.1, -0.05) is 0 Å². The summed E-state index contributed by atoms with van der Waals surface area (Å²) >= 11 is 5.82. The van der Waals surface area contributed by atoms with Crippen LogP contribution in [-0.4, -0.2) is 61.0 Å². The van der Waals surface area contributed by atoms with E-state index < -0.39 is 10.0 Å². The Morgan fingerprint density at radius 3 is 2.74 bits per heavy atom. The molecule has 1 aliphatic rings. The highest BCUT2D eigenvalue weighted by atomic mass is 35.5. The lowest BCUT2D eigenvalue weighted by Gasteiger charge is -2.19. The molecule has 19 heavy (non-hydrogen) atoms. The van der Waals surface area contributed by atoms with E-state index in [0.717, 1.165) is 6.42 Å². The Kier molecular flexibility index (Phi) is 4.20. The first-order valence-corrected chi connectivity index (χ1v) is 8.11. The lowest BCUT2D eigenvalue weighted by Crippen LogP contribution is -2.35. The summed E-state index contributed by atoms with van der Waals surface area (Å²) in [5.74, 6) is 0.141. The Balaban J connectivity index is 2.29. The van der Waals surface area contributed by atoms with Gasteiger partial charge in [0, 0.05) is 30.4 Å². The van der Waals surface area contributed by atoms with E-state index in [4.69, 9.17) is 11.6 Å². The Labute approximate surface area is 118 Å². The topological polar surface area (TPSA) is 69.3 Å². The maximum atomic E-state index is 12.6. The molecule has 0 aromatic carbocycles. The van der Waals surface area contributed by atoms with Crippen LogP contribution < -0.4 is 0 Å². The van der Waals surface area contributed by atoms with Crippen molar-refractivity contribution in [1.29, 1.82) is 0 Å². The lowest BCUT2D eigenvalue weighted by atomic mass is 10.2. The van der Waals surface area contributed by atoms with Crippen LogP contribution in [0.15, 0.2) is 5.03 Å². The van der Waals surface area contributed by atoms with Crippen molar-refractivity contribution in [3.05, 3.63) is 11.3 Å². The molecule has 8 heteroatoms. The van der Waals surface area contributed by atoms with Crippen LogP contribution >= 0.6 is 11.6 Å². The monoisotopic (exact) mass is 306 g/mol. The number of sulfonamides is 1. The number of halogens is 1. The fourth-order valence-corrected chi connectivity index (χ4v) is 4.34. The van der Waals surface area contributed by atoms with Crippen molar-refractivity contribution < 1.29 is 8.42 Å². The number of nitrogens with one attached hydrogen (secondary N) is 1. The molecule has 0 aliphatic carbocycles. The molecule has 2 rings (SSSR count). The molecular weight excluding hydrogens is 288 g/mol. The van der Waals surface area contributed by atoms with Crippen LogP contribution in [0.5, 0.6) is 0 Å². The molecule has 1 aliphatic heterocycles. The second-order valence-electron chi connectivity index (χ2n) is 5.04. The summed E-state index contributed by atoms with van der Waals surface area (Å²) in [5, 5.41) is 6.69. The van der Waals surface area contributed by atoms with Gasteiger partial charge in [0.15, 0.2) is 5.03 Å². The van der Waals surface area contributed by atoms with Crippen molar-refractivity contribution in [2.75, 3.05) is 27.2 Å². The molecule has 0 amide bonds. The van der Waals surface area contributed by atoms with E-state index in [1.165, 1.54) is 4.31 Å². The molecule has 1 saturated heterocycles. The van der Waals surface area contributed by atoms with Crippen molar-refractivity contribution in [2.45, 2.75) is 30.3 Å². The van der Waals surface area contributed by atoms with Gasteiger partial charge in [0.1, 0.15) is 0 Å². The van der Waals surface area contributed by atoms with Crippen LogP contribution in [0.2, 0.25) is 0 Å². The smallest absolute Gasteiger partial charge is 0.262 e. The average Bonchev–Trinajstić information content (AvgIpc) is 2.95. The molecule has 1 aromatic heterocycles. The van der Waals surface area contributed by atoms with Crippen LogP contribution in [-0.2, 0) is 15.9 Å². The fourth-order valence-electron chi connectivity index (χ4n) is 2.27. The first-order valence-electron chi connectivity index (χ1n) is 6.14. The Bertz CT molecular complexity index is 555. The van der Waals surface area contributed by atoms with Crippen molar-refractivity contribution in [3.63, 3.8) is 0 Å². The Morgan fingerprint density at radius 2 is 2.21 bits per heavy atom. The van der Waals surface area contributed by atoms with Crippen molar-refractivity contribution in [2.24, 2.45) is 0 Å². The van der Waals surface area contributed by atoms with Crippen LogP contribution in [0.1, 0.15) is 17.7 Å². The van der Waals surface area contributed by atoms with E-state index in [2.05, 4.69) is 10.2 Å². The van der Waals surface area contributed by atoms with Gasteiger partial charge in [-0.05, 0) is 27.4 Å². The highest BCUT2D eigenvalue weighted by molar-refractivity contribution is 7.89. The largest absolute Gasteiger partial charge is 0.305 e. The van der Waals surface area contributed by atoms with Crippen LogP contribution in [0.4, 0.5) is 0 Å². The number of hydrogen-bond donors (Lipinski definition) is 1. The second-order valence-corrected chi connectivity index (χ2v) is 7.16. The number of likely N-dealkylation sites (N-methyl/N-ethyl adjacent to an activating group) is 1. The number of aromatic nitrogens is 2. The molecule has 1 aromatic rings. The van der Waals surface area contributed by atoms with Gasteiger partial charge in [-0.3, -0.25) is 5.10 Å². The summed E-state index contributed by atoms with van der Waals surface area (Å²) in [5.41, 5.74) is 1.27. The van der Waals surface area contributed by atoms with Crippen molar-refractivity contribution in [1.82, 2.24) is 19.4 Å². The zero-order chi connectivity index (χ0) is 14.2. The SMILES string of the molecule is Cc1[nH]nc(S(=O)(=O)N2CCC(N(C)C)C2)c1CCl. The summed E-state index contributed by atoms with van der Waals surface area (Å²) in [6.07, 6.45) is 0.839. The fraction of sp³-hybridized carbons (Fsp3) is 0.727. The number of rotatable bonds is 4. The molecule has 1 atom stereocenters. The van der Waals surface area contributed by atoms with Gasteiger partial charge in [0.05, 0.1) is 5.88 Å². The number of aryl methyl sites for hydroxylation is 1. The average molecular weight is 307 g/mol. The maximum Gasteiger partial charge on any atom is 0.262 e. The molecule has 1 N–H and O–H groups in total. The zero-order valence-corrected chi connectivity index (χ0v) is 12.9. The van der Waals surface area contributed by atoms with E-state index in [0.29, 0.717) is 24.3 Å². The van der Waals surface area contributed by atoms with E-state index in [1.807, 2.05) is 19.0 Å². The summed E-state index contributed by atoms with van der Waals surface area (Å²) in [6, 6.07) is 0.259. The third kappa shape index (κ3) is 2.65. The normalized spacial score (nSPS) is 21.4. The van der Waals surface area contributed by atoms with Crippen LogP contribution in [0.3, 0.4) is 0 Å². The molecule has 108 valence electrons. The number of alkyl halides is 1. The van der Waals surface area contributed by atoms with Crippen LogP contribution in [0, 0.1) is 6.92 Å². The standard InChI is InChI=1S/C11H19ClN4O2S/c1-8-10(6-12)11(14-13-8)19(17,18)16-5-4-9(7-16)15(2)3/h9H,4-7H2,1-3H3,(H,13,14). The predicted octanol–water partition coefficient (Wildman–Crippen LogP) is 0.782. The van der Waals surface area contributed by atoms with E-state index in [1.54, 1.807) is 6.92 Å². The zero-order valence-electron chi connectivity index (χ0n) is 11.4. The number of hydrogen-bond acceptors (Lipinski definition) is 4. The Morgan fingerprint density at radius 1 is 1.53 bits per heavy atom. The summed E-state index contributed by atoms with van der Waals surface area (Å²) in [7, 11) is 0.377. The van der Waals surface area contributed by atoms with Gasteiger partial charge in [0.2, 0.25) is 0 Å². The maximum absolute atomic E-state index is 12.6. The van der Waals surface area contributed by atoms with Crippen LogP contribution in [0.25, 0.3) is 0 Å². The number of nitrogens with zero attached hydrogens (tertiary/aromatic N) is 3. The minimum atomic E-state index is -3.55. The van der Waals surface area contributed by atoms with E-state index in [9.17, 15) is 8.42 Å². The van der Waals surface area contributed by atoms with E-state index >= 15 is 0 Å². The number of aromatic amines is 1. The predicted molar refractivity (Wildman–Crippen MR) is 73.7 cm³/mol. The van der Waals surface area contributed by atoms with Gasteiger partial charge in [-0.15, -0.1) is 11.6 Å². The first kappa shape index (κ1) is 14.8. The minimum Gasteiger partial charge on any atom is -0.305 e. The third-order valence-corrected chi connectivity index (χ3v) is 5.72. The molecule has 2 heterocycles. The molecule has 1 unspecified atom stereocenters.